The lowest BCUT2D eigenvalue weighted by Crippen LogP contribution is -2.29. The van der Waals surface area contributed by atoms with Gasteiger partial charge in [0.1, 0.15) is 5.82 Å². The van der Waals surface area contributed by atoms with Crippen LogP contribution in [0.15, 0.2) is 33.9 Å². The Bertz CT molecular complexity index is 1010. The molecule has 0 saturated heterocycles. The second-order valence-corrected chi connectivity index (χ2v) is 6.22. The van der Waals surface area contributed by atoms with Crippen molar-refractivity contribution in [3.05, 3.63) is 62.1 Å². The first-order valence-corrected chi connectivity index (χ1v) is 7.82. The van der Waals surface area contributed by atoms with Crippen molar-refractivity contribution >= 4 is 11.2 Å². The Labute approximate surface area is 132 Å². The third-order valence-electron chi connectivity index (χ3n) is 4.70. The average Bonchev–Trinajstić information content (AvgIpc) is 2.93. The van der Waals surface area contributed by atoms with Gasteiger partial charge >= 0.3 is 5.69 Å². The van der Waals surface area contributed by atoms with Gasteiger partial charge in [-0.05, 0) is 25.3 Å². The zero-order valence-electron chi connectivity index (χ0n) is 13.2. The lowest BCUT2D eigenvalue weighted by atomic mass is 9.90. The van der Waals surface area contributed by atoms with Crippen molar-refractivity contribution in [1.82, 2.24) is 19.1 Å². The summed E-state index contributed by atoms with van der Waals surface area (Å²) in [6.45, 7) is 2.82. The molecule has 1 atom stereocenters. The van der Waals surface area contributed by atoms with E-state index in [9.17, 15) is 9.59 Å². The first-order valence-electron chi connectivity index (χ1n) is 7.82. The minimum absolute atomic E-state index is 0.159. The molecule has 0 spiro atoms. The quantitative estimate of drug-likeness (QED) is 0.743. The predicted molar refractivity (Wildman–Crippen MR) is 87.9 cm³/mol. The minimum atomic E-state index is -0.426. The van der Waals surface area contributed by atoms with Gasteiger partial charge in [-0.15, -0.1) is 0 Å². The van der Waals surface area contributed by atoms with Gasteiger partial charge in [0.25, 0.3) is 5.56 Å². The van der Waals surface area contributed by atoms with Crippen LogP contribution in [-0.2, 0) is 13.6 Å². The van der Waals surface area contributed by atoms with Crippen LogP contribution in [0, 0.1) is 6.92 Å². The predicted octanol–water partition coefficient (Wildman–Crippen LogP) is 1.66. The maximum absolute atomic E-state index is 12.2. The zero-order valence-corrected chi connectivity index (χ0v) is 13.2. The summed E-state index contributed by atoms with van der Waals surface area (Å²) in [5.41, 5.74) is 2.60. The minimum Gasteiger partial charge on any atom is -0.322 e. The number of hydrogen-bond acceptors (Lipinski definition) is 3. The summed E-state index contributed by atoms with van der Waals surface area (Å²) in [6.07, 6.45) is 1.98. The monoisotopic (exact) mass is 310 g/mol. The Kier molecular flexibility index (Phi) is 3.01. The van der Waals surface area contributed by atoms with E-state index in [1.807, 2.05) is 4.57 Å². The van der Waals surface area contributed by atoms with Crippen molar-refractivity contribution in [2.45, 2.75) is 32.2 Å². The van der Waals surface area contributed by atoms with Gasteiger partial charge < -0.3 is 4.57 Å². The first kappa shape index (κ1) is 14.0. The molecular formula is C17H18N4O2. The van der Waals surface area contributed by atoms with Crippen molar-refractivity contribution in [2.75, 3.05) is 0 Å². The number of hydrogen-bond donors (Lipinski definition) is 1. The van der Waals surface area contributed by atoms with E-state index >= 15 is 0 Å². The standard InChI is InChI=1S/C17H18N4O2/c1-10-5-7-11(8-6-10)12-4-3-9-21-13-15(18-14(12)21)20(2)17(23)19-16(13)22/h5-8,12H,3-4,9H2,1-2H3,(H,19,22,23)/t12-/m1/s1. The fourth-order valence-electron chi connectivity index (χ4n) is 3.44. The maximum atomic E-state index is 12.2. The van der Waals surface area contributed by atoms with Crippen molar-refractivity contribution in [3.8, 4) is 0 Å². The van der Waals surface area contributed by atoms with Crippen molar-refractivity contribution < 1.29 is 0 Å². The molecule has 1 aliphatic heterocycles. The highest BCUT2D eigenvalue weighted by atomic mass is 16.2. The number of aryl methyl sites for hydroxylation is 3. The van der Waals surface area contributed by atoms with E-state index in [1.54, 1.807) is 7.05 Å². The molecule has 1 aromatic carbocycles. The highest BCUT2D eigenvalue weighted by molar-refractivity contribution is 5.71. The van der Waals surface area contributed by atoms with Gasteiger partial charge in [0, 0.05) is 19.5 Å². The Morgan fingerprint density at radius 1 is 1.22 bits per heavy atom. The largest absolute Gasteiger partial charge is 0.329 e. The van der Waals surface area contributed by atoms with Crippen molar-refractivity contribution in [1.29, 1.82) is 0 Å². The number of benzene rings is 1. The Balaban J connectivity index is 1.98. The Morgan fingerprint density at radius 3 is 2.70 bits per heavy atom. The molecule has 0 amide bonds. The summed E-state index contributed by atoms with van der Waals surface area (Å²) in [5.74, 6) is 1.04. The van der Waals surface area contributed by atoms with Gasteiger partial charge in [0.2, 0.25) is 0 Å². The summed E-state index contributed by atoms with van der Waals surface area (Å²) in [4.78, 5) is 31.1. The van der Waals surface area contributed by atoms with Crippen LogP contribution >= 0.6 is 0 Å². The highest BCUT2D eigenvalue weighted by Gasteiger charge is 2.27. The van der Waals surface area contributed by atoms with Gasteiger partial charge in [-0.1, -0.05) is 29.8 Å². The molecule has 0 saturated carbocycles. The molecule has 4 rings (SSSR count). The third kappa shape index (κ3) is 2.05. The van der Waals surface area contributed by atoms with Crippen LogP contribution in [0.3, 0.4) is 0 Å². The van der Waals surface area contributed by atoms with Gasteiger partial charge in [-0.3, -0.25) is 14.3 Å². The molecule has 1 aliphatic rings. The third-order valence-corrected chi connectivity index (χ3v) is 4.70. The molecule has 0 fully saturated rings. The summed E-state index contributed by atoms with van der Waals surface area (Å²) in [6, 6.07) is 8.44. The van der Waals surface area contributed by atoms with E-state index in [-0.39, 0.29) is 11.5 Å². The number of H-pyrrole nitrogens is 1. The molecule has 1 N–H and O–H groups in total. The Hall–Kier alpha value is -2.63. The van der Waals surface area contributed by atoms with E-state index in [2.05, 4.69) is 41.2 Å². The number of aromatic amines is 1. The molecule has 2 aromatic heterocycles. The van der Waals surface area contributed by atoms with Crippen LogP contribution in [-0.4, -0.2) is 19.1 Å². The first-order chi connectivity index (χ1) is 11.1. The molecule has 0 bridgehead atoms. The van der Waals surface area contributed by atoms with E-state index in [1.165, 1.54) is 15.7 Å². The normalized spacial score (nSPS) is 17.4. The molecule has 6 heteroatoms. The summed E-state index contributed by atoms with van der Waals surface area (Å²) in [7, 11) is 1.64. The number of nitrogens with zero attached hydrogens (tertiary/aromatic N) is 3. The van der Waals surface area contributed by atoms with Crippen LogP contribution in [0.2, 0.25) is 0 Å². The number of fused-ring (bicyclic) bond motifs is 3. The van der Waals surface area contributed by atoms with Gasteiger partial charge in [-0.25, -0.2) is 9.78 Å². The Morgan fingerprint density at radius 2 is 1.96 bits per heavy atom. The number of rotatable bonds is 1. The number of nitrogens with one attached hydrogen (secondary N) is 1. The molecule has 3 aromatic rings. The number of imidazole rings is 1. The molecular weight excluding hydrogens is 292 g/mol. The molecule has 23 heavy (non-hydrogen) atoms. The van der Waals surface area contributed by atoms with Crippen molar-refractivity contribution in [2.24, 2.45) is 7.05 Å². The highest BCUT2D eigenvalue weighted by Crippen LogP contribution is 2.34. The van der Waals surface area contributed by atoms with Crippen molar-refractivity contribution in [3.63, 3.8) is 0 Å². The van der Waals surface area contributed by atoms with Crippen LogP contribution in [0.1, 0.15) is 35.7 Å². The topological polar surface area (TPSA) is 72.7 Å². The van der Waals surface area contributed by atoms with E-state index in [4.69, 9.17) is 0 Å². The second-order valence-electron chi connectivity index (χ2n) is 6.22. The fraction of sp³-hybridized carbons (Fsp3) is 0.353. The van der Waals surface area contributed by atoms with Crippen LogP contribution < -0.4 is 11.2 Å². The second kappa shape index (κ2) is 4.94. The summed E-state index contributed by atoms with van der Waals surface area (Å²) < 4.78 is 3.38. The van der Waals surface area contributed by atoms with Gasteiger partial charge in [0.15, 0.2) is 11.2 Å². The average molecular weight is 310 g/mol. The maximum Gasteiger partial charge on any atom is 0.329 e. The van der Waals surface area contributed by atoms with Crippen LogP contribution in [0.25, 0.3) is 11.2 Å². The smallest absolute Gasteiger partial charge is 0.322 e. The lowest BCUT2D eigenvalue weighted by molar-refractivity contribution is 0.488. The summed E-state index contributed by atoms with van der Waals surface area (Å²) in [5, 5.41) is 0. The van der Waals surface area contributed by atoms with E-state index < -0.39 is 5.69 Å². The molecule has 3 heterocycles. The van der Waals surface area contributed by atoms with Gasteiger partial charge in [0.05, 0.1) is 0 Å². The van der Waals surface area contributed by atoms with E-state index in [0.717, 1.165) is 25.2 Å². The molecule has 0 aliphatic carbocycles. The number of aromatic nitrogens is 4. The van der Waals surface area contributed by atoms with E-state index in [0.29, 0.717) is 11.2 Å². The summed E-state index contributed by atoms with van der Waals surface area (Å²) >= 11 is 0. The van der Waals surface area contributed by atoms with Gasteiger partial charge in [-0.2, -0.15) is 0 Å². The molecule has 6 nitrogen and oxygen atoms in total. The fourth-order valence-corrected chi connectivity index (χ4v) is 3.44. The molecule has 0 radical (unpaired) electrons. The van der Waals surface area contributed by atoms with Crippen LogP contribution in [0.4, 0.5) is 0 Å². The van der Waals surface area contributed by atoms with Crippen LogP contribution in [0.5, 0.6) is 0 Å². The SMILES string of the molecule is Cc1ccc([C@H]2CCCn3c2nc2c3c(=O)[nH]c(=O)n2C)cc1. The zero-order chi connectivity index (χ0) is 16.1. The molecule has 118 valence electrons. The lowest BCUT2D eigenvalue weighted by Gasteiger charge is -2.24. The molecule has 0 unspecified atom stereocenters.